The van der Waals surface area contributed by atoms with Gasteiger partial charge in [-0.25, -0.2) is 4.99 Å². The van der Waals surface area contributed by atoms with Gasteiger partial charge in [-0.05, 0) is 23.8 Å². The molecule has 0 aliphatic carbocycles. The maximum Gasteiger partial charge on any atom is 0.270 e. The van der Waals surface area contributed by atoms with E-state index in [9.17, 15) is 20.0 Å². The van der Waals surface area contributed by atoms with Crippen LogP contribution >= 0.6 is 0 Å². The lowest BCUT2D eigenvalue weighted by Gasteiger charge is -2.11. The molecule has 1 aromatic heterocycles. The van der Waals surface area contributed by atoms with Crippen LogP contribution in [0.2, 0.25) is 0 Å². The minimum absolute atomic E-state index is 0.0622. The molecule has 1 heterocycles. The highest BCUT2D eigenvalue weighted by atomic mass is 16.6. The standard InChI is InChI=1S/C27H27N5O4/c1-31(2)24(33)13-14-28-17-18-7-6-10-20(15-18)29-26(19-8-4-3-5-9-19)25-22-16-21(32(35)36)11-12-23(22)30-27(25)34/h3-12,15-16,28,30,34H,13-14,17H2,1-2H3. The Labute approximate surface area is 208 Å². The maximum atomic E-state index is 11.8. The molecule has 184 valence electrons. The van der Waals surface area contributed by atoms with Crippen molar-refractivity contribution in [3.8, 4) is 5.88 Å². The summed E-state index contributed by atoms with van der Waals surface area (Å²) in [6.45, 7) is 1.12. The molecule has 9 heteroatoms. The third kappa shape index (κ3) is 5.59. The van der Waals surface area contributed by atoms with Crippen LogP contribution in [0.5, 0.6) is 5.88 Å². The predicted molar refractivity (Wildman–Crippen MR) is 140 cm³/mol. The fourth-order valence-corrected chi connectivity index (χ4v) is 3.90. The van der Waals surface area contributed by atoms with Gasteiger partial charge in [0.1, 0.15) is 0 Å². The Hall–Kier alpha value is -4.50. The number of nitro benzene ring substituents is 1. The van der Waals surface area contributed by atoms with Crippen LogP contribution < -0.4 is 5.32 Å². The van der Waals surface area contributed by atoms with Crippen molar-refractivity contribution in [1.82, 2.24) is 15.2 Å². The third-order valence-corrected chi connectivity index (χ3v) is 5.75. The van der Waals surface area contributed by atoms with E-state index in [-0.39, 0.29) is 17.5 Å². The Morgan fingerprint density at radius 3 is 2.58 bits per heavy atom. The number of aromatic amines is 1. The van der Waals surface area contributed by atoms with Gasteiger partial charge >= 0.3 is 0 Å². The summed E-state index contributed by atoms with van der Waals surface area (Å²) in [5.74, 6) is -0.0522. The normalized spacial score (nSPS) is 11.6. The number of carbonyl (C=O) groups is 1. The van der Waals surface area contributed by atoms with E-state index in [4.69, 9.17) is 4.99 Å². The number of fused-ring (bicyclic) bond motifs is 1. The summed E-state index contributed by atoms with van der Waals surface area (Å²) in [6, 6.07) is 21.4. The van der Waals surface area contributed by atoms with E-state index in [0.717, 1.165) is 11.1 Å². The number of H-pyrrole nitrogens is 1. The van der Waals surface area contributed by atoms with Gasteiger partial charge in [0, 0.05) is 62.2 Å². The molecule has 0 aliphatic heterocycles. The number of rotatable bonds is 9. The van der Waals surface area contributed by atoms with Crippen molar-refractivity contribution in [2.75, 3.05) is 20.6 Å². The number of aliphatic imine (C=N–C) groups is 1. The Morgan fingerprint density at radius 2 is 1.86 bits per heavy atom. The van der Waals surface area contributed by atoms with E-state index < -0.39 is 4.92 Å². The van der Waals surface area contributed by atoms with Gasteiger partial charge in [0.2, 0.25) is 5.91 Å². The van der Waals surface area contributed by atoms with E-state index in [1.54, 1.807) is 25.1 Å². The van der Waals surface area contributed by atoms with E-state index in [1.807, 2.05) is 54.6 Å². The van der Waals surface area contributed by atoms with Crippen LogP contribution in [0.1, 0.15) is 23.1 Å². The summed E-state index contributed by atoms with van der Waals surface area (Å²) < 4.78 is 0. The van der Waals surface area contributed by atoms with Crippen LogP contribution in [-0.4, -0.2) is 52.2 Å². The molecular formula is C27H27N5O4. The number of hydrogen-bond donors (Lipinski definition) is 3. The molecule has 0 aliphatic rings. The van der Waals surface area contributed by atoms with Crippen LogP contribution in [0.25, 0.3) is 10.9 Å². The second kappa shape index (κ2) is 10.8. The number of amides is 1. The van der Waals surface area contributed by atoms with Gasteiger partial charge in [-0.1, -0.05) is 42.5 Å². The number of nitrogens with zero attached hydrogens (tertiary/aromatic N) is 3. The average molecular weight is 486 g/mol. The molecule has 0 atom stereocenters. The molecule has 0 radical (unpaired) electrons. The molecule has 0 bridgehead atoms. The second-order valence-corrected chi connectivity index (χ2v) is 8.55. The number of hydrogen-bond acceptors (Lipinski definition) is 6. The number of nitrogens with one attached hydrogen (secondary N) is 2. The van der Waals surface area contributed by atoms with Crippen LogP contribution in [0.15, 0.2) is 77.8 Å². The smallest absolute Gasteiger partial charge is 0.270 e. The number of nitro groups is 1. The summed E-state index contributed by atoms with van der Waals surface area (Å²) >= 11 is 0. The molecule has 36 heavy (non-hydrogen) atoms. The Morgan fingerprint density at radius 1 is 1.08 bits per heavy atom. The van der Waals surface area contributed by atoms with E-state index in [1.165, 1.54) is 12.1 Å². The van der Waals surface area contributed by atoms with Gasteiger partial charge in [-0.2, -0.15) is 0 Å². The average Bonchev–Trinajstić information content (AvgIpc) is 3.20. The molecule has 3 aromatic carbocycles. The monoisotopic (exact) mass is 485 g/mol. The van der Waals surface area contributed by atoms with Gasteiger partial charge in [-0.3, -0.25) is 14.9 Å². The van der Waals surface area contributed by atoms with Crippen molar-refractivity contribution in [3.05, 3.63) is 99.6 Å². The molecule has 0 saturated heterocycles. The number of carbonyl (C=O) groups excluding carboxylic acids is 1. The van der Waals surface area contributed by atoms with Gasteiger partial charge in [0.15, 0.2) is 5.88 Å². The van der Waals surface area contributed by atoms with Crippen LogP contribution in [0.4, 0.5) is 11.4 Å². The molecule has 0 unspecified atom stereocenters. The van der Waals surface area contributed by atoms with Gasteiger partial charge in [0.25, 0.3) is 5.69 Å². The lowest BCUT2D eigenvalue weighted by Crippen LogP contribution is -2.26. The third-order valence-electron chi connectivity index (χ3n) is 5.75. The molecule has 4 aromatic rings. The molecule has 4 rings (SSSR count). The topological polar surface area (TPSA) is 124 Å². The predicted octanol–water partition coefficient (Wildman–Crippen LogP) is 4.52. The highest BCUT2D eigenvalue weighted by molar-refractivity contribution is 6.22. The van der Waals surface area contributed by atoms with Crippen molar-refractivity contribution in [2.24, 2.45) is 4.99 Å². The minimum atomic E-state index is -0.463. The molecule has 9 nitrogen and oxygen atoms in total. The molecule has 0 spiro atoms. The first-order valence-electron chi connectivity index (χ1n) is 11.5. The first-order valence-corrected chi connectivity index (χ1v) is 11.5. The fourth-order valence-electron chi connectivity index (χ4n) is 3.90. The van der Waals surface area contributed by atoms with Gasteiger partial charge in [-0.15, -0.1) is 0 Å². The lowest BCUT2D eigenvalue weighted by atomic mass is 10.0. The first kappa shape index (κ1) is 24.6. The van der Waals surface area contributed by atoms with E-state index in [2.05, 4.69) is 10.3 Å². The largest absolute Gasteiger partial charge is 0.494 e. The maximum absolute atomic E-state index is 11.8. The van der Waals surface area contributed by atoms with Crippen molar-refractivity contribution < 1.29 is 14.8 Å². The molecule has 1 amide bonds. The summed E-state index contributed by atoms with van der Waals surface area (Å²) in [6.07, 6.45) is 0.412. The Bertz CT molecular complexity index is 1430. The van der Waals surface area contributed by atoms with Gasteiger partial charge in [0.05, 0.1) is 21.9 Å². The highest BCUT2D eigenvalue weighted by Crippen LogP contribution is 2.33. The highest BCUT2D eigenvalue weighted by Gasteiger charge is 2.21. The zero-order chi connectivity index (χ0) is 25.7. The lowest BCUT2D eigenvalue weighted by molar-refractivity contribution is -0.384. The quantitative estimate of drug-likeness (QED) is 0.139. The van der Waals surface area contributed by atoms with E-state index in [0.29, 0.717) is 47.4 Å². The molecule has 0 fully saturated rings. The summed E-state index contributed by atoms with van der Waals surface area (Å²) in [4.78, 5) is 32.0. The SMILES string of the molecule is CN(C)C(=O)CCNCc1cccc(N=C(c2ccccc2)c2c(O)[nH]c3ccc([N+](=O)[O-])cc23)c1. The summed E-state index contributed by atoms with van der Waals surface area (Å²) in [5, 5.41) is 26.0. The zero-order valence-electron chi connectivity index (χ0n) is 20.1. The zero-order valence-corrected chi connectivity index (χ0v) is 20.1. The summed E-state index contributed by atoms with van der Waals surface area (Å²) in [7, 11) is 3.47. The van der Waals surface area contributed by atoms with Crippen LogP contribution in [0.3, 0.4) is 0 Å². The molecule has 0 saturated carbocycles. The van der Waals surface area contributed by atoms with Crippen LogP contribution in [0, 0.1) is 10.1 Å². The number of non-ortho nitro benzene ring substituents is 1. The Balaban J connectivity index is 1.70. The fraction of sp³-hybridized carbons (Fsp3) is 0.185. The van der Waals surface area contributed by atoms with E-state index >= 15 is 0 Å². The number of aromatic hydroxyl groups is 1. The van der Waals surface area contributed by atoms with Crippen molar-refractivity contribution in [1.29, 1.82) is 0 Å². The van der Waals surface area contributed by atoms with Crippen molar-refractivity contribution in [2.45, 2.75) is 13.0 Å². The number of benzene rings is 3. The van der Waals surface area contributed by atoms with Gasteiger partial charge < -0.3 is 20.3 Å². The second-order valence-electron chi connectivity index (χ2n) is 8.55. The van der Waals surface area contributed by atoms with Crippen molar-refractivity contribution >= 4 is 33.9 Å². The first-order chi connectivity index (χ1) is 17.3. The number of aromatic nitrogens is 1. The summed E-state index contributed by atoms with van der Waals surface area (Å²) in [5.41, 5.74) is 3.78. The molecular weight excluding hydrogens is 458 g/mol. The van der Waals surface area contributed by atoms with Crippen molar-refractivity contribution in [3.63, 3.8) is 0 Å². The minimum Gasteiger partial charge on any atom is -0.494 e. The Kier molecular flexibility index (Phi) is 7.41. The van der Waals surface area contributed by atoms with Crippen LogP contribution in [-0.2, 0) is 11.3 Å². The molecule has 3 N–H and O–H groups in total.